The predicted octanol–water partition coefficient (Wildman–Crippen LogP) is 2.75. The van der Waals surface area contributed by atoms with Gasteiger partial charge in [-0.05, 0) is 29.8 Å². The fourth-order valence-corrected chi connectivity index (χ4v) is 3.42. The van der Waals surface area contributed by atoms with Crippen molar-refractivity contribution >= 4 is 28.3 Å². The van der Waals surface area contributed by atoms with E-state index in [-0.39, 0.29) is 5.82 Å². The average molecular weight is 283 g/mol. The van der Waals surface area contributed by atoms with E-state index in [9.17, 15) is 4.79 Å². The lowest BCUT2D eigenvalue weighted by Crippen LogP contribution is -2.35. The first-order valence-corrected chi connectivity index (χ1v) is 7.42. The van der Waals surface area contributed by atoms with E-state index in [1.807, 2.05) is 0 Å². The van der Waals surface area contributed by atoms with E-state index in [1.165, 1.54) is 31.5 Å². The summed E-state index contributed by atoms with van der Waals surface area (Å²) in [6.45, 7) is 4.53. The van der Waals surface area contributed by atoms with E-state index in [0.29, 0.717) is 23.4 Å². The molecule has 0 spiro atoms. The van der Waals surface area contributed by atoms with Crippen LogP contribution < -0.4 is 11.1 Å². The highest BCUT2D eigenvalue weighted by atomic mass is 32.1. The molecule has 1 aromatic rings. The molecule has 0 aliphatic heterocycles. The molecule has 5 nitrogen and oxygen atoms in total. The number of methoxy groups -OCH3 is 1. The van der Waals surface area contributed by atoms with Crippen LogP contribution in [0.25, 0.3) is 0 Å². The second kappa shape index (κ2) is 5.77. The number of nitrogens with one attached hydrogen (secondary N) is 1. The van der Waals surface area contributed by atoms with Gasteiger partial charge in [0.05, 0.1) is 7.11 Å². The monoisotopic (exact) mass is 283 g/mol. The number of esters is 1. The van der Waals surface area contributed by atoms with Crippen molar-refractivity contribution in [3.63, 3.8) is 0 Å². The van der Waals surface area contributed by atoms with Gasteiger partial charge in [0.15, 0.2) is 5.82 Å². The van der Waals surface area contributed by atoms with Gasteiger partial charge < -0.3 is 15.8 Å². The number of ether oxygens (including phenoxy) is 1. The van der Waals surface area contributed by atoms with E-state index in [1.54, 1.807) is 0 Å². The number of nitrogen functional groups attached to an aromatic ring is 1. The Morgan fingerprint density at radius 2 is 2.21 bits per heavy atom. The van der Waals surface area contributed by atoms with Crippen molar-refractivity contribution in [3.8, 4) is 0 Å². The van der Waals surface area contributed by atoms with Crippen LogP contribution in [0.3, 0.4) is 0 Å². The predicted molar refractivity (Wildman–Crippen MR) is 77.5 cm³/mol. The molecule has 0 bridgehead atoms. The lowest BCUT2D eigenvalue weighted by molar-refractivity contribution is 0.0603. The molecule has 0 radical (unpaired) electrons. The van der Waals surface area contributed by atoms with Gasteiger partial charge in [0, 0.05) is 6.04 Å². The van der Waals surface area contributed by atoms with Crippen LogP contribution in [0.5, 0.6) is 0 Å². The number of nitrogens with zero attached hydrogens (tertiary/aromatic N) is 1. The summed E-state index contributed by atoms with van der Waals surface area (Å²) in [6, 6.07) is 0.368. The van der Waals surface area contributed by atoms with Gasteiger partial charge >= 0.3 is 5.97 Å². The Hall–Kier alpha value is -1.30. The Kier molecular flexibility index (Phi) is 4.29. The Morgan fingerprint density at radius 3 is 2.89 bits per heavy atom. The Bertz CT molecular complexity index is 461. The second-order valence-electron chi connectivity index (χ2n) is 5.28. The molecule has 6 heteroatoms. The highest BCUT2D eigenvalue weighted by Crippen LogP contribution is 2.35. The van der Waals surface area contributed by atoms with Crippen LogP contribution in [0.15, 0.2) is 0 Å². The van der Waals surface area contributed by atoms with Crippen LogP contribution in [0.1, 0.15) is 43.5 Å². The first-order valence-electron chi connectivity index (χ1n) is 6.64. The standard InChI is InChI=1S/C13H21N3O2S/c1-7-5-4-6-9(8(7)2)15-12-10(13(17)18-3)11(14)16-19-12/h7-9,15H,4-6H2,1-3H3,(H2,14,16). The summed E-state index contributed by atoms with van der Waals surface area (Å²) < 4.78 is 8.81. The van der Waals surface area contributed by atoms with Crippen molar-refractivity contribution in [2.24, 2.45) is 11.8 Å². The molecule has 1 aliphatic rings. The lowest BCUT2D eigenvalue weighted by Gasteiger charge is -2.34. The number of anilines is 2. The summed E-state index contributed by atoms with van der Waals surface area (Å²) in [5, 5.41) is 4.17. The minimum Gasteiger partial charge on any atom is -0.465 e. The average Bonchev–Trinajstić information content (AvgIpc) is 2.75. The second-order valence-corrected chi connectivity index (χ2v) is 6.06. The molecule has 2 rings (SSSR count). The Labute approximate surface area is 117 Å². The molecule has 0 aromatic carbocycles. The maximum atomic E-state index is 11.7. The third-order valence-corrected chi connectivity index (χ3v) is 4.92. The summed E-state index contributed by atoms with van der Waals surface area (Å²) in [4.78, 5) is 11.7. The number of rotatable bonds is 3. The van der Waals surface area contributed by atoms with Crippen LogP contribution in [0.4, 0.5) is 10.8 Å². The van der Waals surface area contributed by atoms with Crippen molar-refractivity contribution in [2.45, 2.75) is 39.2 Å². The van der Waals surface area contributed by atoms with Gasteiger partial charge in [0.25, 0.3) is 0 Å². The zero-order valence-electron chi connectivity index (χ0n) is 11.6. The normalized spacial score (nSPS) is 27.0. The smallest absolute Gasteiger partial charge is 0.344 e. The molecule has 1 aliphatic carbocycles. The summed E-state index contributed by atoms with van der Waals surface area (Å²) in [5.74, 6) is 1.08. The van der Waals surface area contributed by atoms with Gasteiger partial charge in [-0.1, -0.05) is 26.7 Å². The van der Waals surface area contributed by atoms with E-state index in [0.717, 1.165) is 11.4 Å². The van der Waals surface area contributed by atoms with Crippen LogP contribution >= 0.6 is 11.5 Å². The molecule has 0 saturated heterocycles. The van der Waals surface area contributed by atoms with Crippen LogP contribution in [0, 0.1) is 11.8 Å². The van der Waals surface area contributed by atoms with Crippen molar-refractivity contribution < 1.29 is 9.53 Å². The summed E-state index contributed by atoms with van der Waals surface area (Å²) >= 11 is 1.23. The van der Waals surface area contributed by atoms with Crippen molar-refractivity contribution in [2.75, 3.05) is 18.2 Å². The molecule has 1 aromatic heterocycles. The van der Waals surface area contributed by atoms with E-state index in [2.05, 4.69) is 23.5 Å². The van der Waals surface area contributed by atoms with Gasteiger partial charge in [0.2, 0.25) is 0 Å². The fraction of sp³-hybridized carbons (Fsp3) is 0.692. The first-order chi connectivity index (χ1) is 9.04. The fourth-order valence-electron chi connectivity index (χ4n) is 2.65. The maximum Gasteiger partial charge on any atom is 0.344 e. The number of aromatic nitrogens is 1. The maximum absolute atomic E-state index is 11.7. The molecule has 1 saturated carbocycles. The number of carbonyl (C=O) groups excluding carboxylic acids is 1. The van der Waals surface area contributed by atoms with Gasteiger partial charge in [0.1, 0.15) is 10.6 Å². The molecule has 19 heavy (non-hydrogen) atoms. The van der Waals surface area contributed by atoms with Crippen LogP contribution in [0.2, 0.25) is 0 Å². The Morgan fingerprint density at radius 1 is 1.47 bits per heavy atom. The number of nitrogens with two attached hydrogens (primary N) is 1. The number of hydrogen-bond donors (Lipinski definition) is 2. The minimum absolute atomic E-state index is 0.246. The van der Waals surface area contributed by atoms with E-state index >= 15 is 0 Å². The molecule has 106 valence electrons. The highest BCUT2D eigenvalue weighted by Gasteiger charge is 2.29. The van der Waals surface area contributed by atoms with Crippen molar-refractivity contribution in [1.82, 2.24) is 4.37 Å². The third kappa shape index (κ3) is 2.83. The van der Waals surface area contributed by atoms with Gasteiger partial charge in [-0.15, -0.1) is 0 Å². The van der Waals surface area contributed by atoms with Crippen LogP contribution in [-0.2, 0) is 4.74 Å². The highest BCUT2D eigenvalue weighted by molar-refractivity contribution is 7.11. The van der Waals surface area contributed by atoms with E-state index in [4.69, 9.17) is 10.5 Å². The molecule has 1 fully saturated rings. The lowest BCUT2D eigenvalue weighted by atomic mass is 9.78. The minimum atomic E-state index is -0.426. The van der Waals surface area contributed by atoms with Crippen molar-refractivity contribution in [1.29, 1.82) is 0 Å². The third-order valence-electron chi connectivity index (χ3n) is 4.13. The topological polar surface area (TPSA) is 77.2 Å². The molecule has 1 heterocycles. The van der Waals surface area contributed by atoms with Gasteiger partial charge in [-0.25, -0.2) is 4.79 Å². The summed E-state index contributed by atoms with van der Waals surface area (Å²) in [6.07, 6.45) is 3.60. The van der Waals surface area contributed by atoms with Crippen LogP contribution in [-0.4, -0.2) is 23.5 Å². The molecule has 3 N–H and O–H groups in total. The largest absolute Gasteiger partial charge is 0.465 e. The molecule has 3 atom stereocenters. The number of carbonyl (C=O) groups is 1. The van der Waals surface area contributed by atoms with Gasteiger partial charge in [-0.3, -0.25) is 0 Å². The van der Waals surface area contributed by atoms with Crippen molar-refractivity contribution in [3.05, 3.63) is 5.56 Å². The molecule has 0 amide bonds. The zero-order valence-corrected chi connectivity index (χ0v) is 12.4. The molecular weight excluding hydrogens is 262 g/mol. The zero-order chi connectivity index (χ0) is 14.0. The summed E-state index contributed by atoms with van der Waals surface area (Å²) in [5.41, 5.74) is 6.12. The first kappa shape index (κ1) is 14.1. The Balaban J connectivity index is 2.17. The summed E-state index contributed by atoms with van der Waals surface area (Å²) in [7, 11) is 1.36. The SMILES string of the molecule is COC(=O)c1c(N)nsc1NC1CCCC(C)C1C. The number of hydrogen-bond acceptors (Lipinski definition) is 6. The van der Waals surface area contributed by atoms with E-state index < -0.39 is 5.97 Å². The quantitative estimate of drug-likeness (QED) is 0.834. The van der Waals surface area contributed by atoms with Gasteiger partial charge in [-0.2, -0.15) is 4.37 Å². The molecule has 3 unspecified atom stereocenters. The molecular formula is C13H21N3O2S.